The number of nitrogens with zero attached hydrogens (tertiary/aromatic N) is 4. The Kier molecular flexibility index (Phi) is 6.06. The van der Waals surface area contributed by atoms with Gasteiger partial charge in [-0.05, 0) is 49.3 Å². The van der Waals surface area contributed by atoms with E-state index in [1.54, 1.807) is 36.4 Å². The standard InChI is InChI=1S/C18H24N4O2S/c1-4-10-18(11-5-2)12-16(20-21-19)13-22(14-18)25(23,24)17-8-6-15(3)7-9-17/h4-9,16H,1-2,10-14H2,3H3/t16-/m1/s1. The molecule has 0 aromatic heterocycles. The molecule has 1 aromatic carbocycles. The van der Waals surface area contributed by atoms with Crippen molar-refractivity contribution in [2.75, 3.05) is 13.1 Å². The third-order valence-electron chi connectivity index (χ3n) is 4.62. The fourth-order valence-corrected chi connectivity index (χ4v) is 5.08. The second kappa shape index (κ2) is 7.87. The zero-order chi connectivity index (χ0) is 18.5. The van der Waals surface area contributed by atoms with Gasteiger partial charge in [0.25, 0.3) is 0 Å². The molecule has 1 aliphatic heterocycles. The Balaban J connectivity index is 2.43. The zero-order valence-corrected chi connectivity index (χ0v) is 15.3. The summed E-state index contributed by atoms with van der Waals surface area (Å²) in [6, 6.07) is 6.39. The Morgan fingerprint density at radius 3 is 2.44 bits per heavy atom. The molecule has 0 spiro atoms. The van der Waals surface area contributed by atoms with Crippen molar-refractivity contribution in [2.45, 2.75) is 37.1 Å². The maximum atomic E-state index is 13.1. The maximum Gasteiger partial charge on any atom is 0.243 e. The van der Waals surface area contributed by atoms with Crippen LogP contribution in [0.5, 0.6) is 0 Å². The Morgan fingerprint density at radius 2 is 1.92 bits per heavy atom. The van der Waals surface area contributed by atoms with Gasteiger partial charge in [-0.2, -0.15) is 4.31 Å². The summed E-state index contributed by atoms with van der Waals surface area (Å²) in [6.07, 6.45) is 5.47. The predicted octanol–water partition coefficient (Wildman–Crippen LogP) is 4.21. The van der Waals surface area contributed by atoms with Crippen molar-refractivity contribution in [2.24, 2.45) is 10.5 Å². The zero-order valence-electron chi connectivity index (χ0n) is 14.5. The third kappa shape index (κ3) is 4.31. The van der Waals surface area contributed by atoms with Gasteiger partial charge in [0.05, 0.1) is 10.9 Å². The summed E-state index contributed by atoms with van der Waals surface area (Å²) >= 11 is 0. The highest BCUT2D eigenvalue weighted by Gasteiger charge is 2.42. The summed E-state index contributed by atoms with van der Waals surface area (Å²) in [4.78, 5) is 3.15. The van der Waals surface area contributed by atoms with Gasteiger partial charge in [0.2, 0.25) is 10.0 Å². The molecule has 7 heteroatoms. The Morgan fingerprint density at radius 1 is 1.32 bits per heavy atom. The number of benzene rings is 1. The van der Waals surface area contributed by atoms with Gasteiger partial charge in [-0.1, -0.05) is 35.0 Å². The molecule has 0 aliphatic carbocycles. The van der Waals surface area contributed by atoms with Crippen LogP contribution in [0.15, 0.2) is 59.6 Å². The second-order valence-electron chi connectivity index (χ2n) is 6.66. The molecule has 1 aromatic rings. The van der Waals surface area contributed by atoms with Crippen molar-refractivity contribution >= 4 is 10.0 Å². The first-order valence-electron chi connectivity index (χ1n) is 8.20. The van der Waals surface area contributed by atoms with E-state index in [1.807, 2.05) is 6.92 Å². The average molecular weight is 360 g/mol. The first kappa shape index (κ1) is 19.2. The molecule has 0 unspecified atom stereocenters. The Hall–Kier alpha value is -2.08. The van der Waals surface area contributed by atoms with E-state index in [0.717, 1.165) is 5.56 Å². The number of hydrogen-bond donors (Lipinski definition) is 0. The number of azide groups is 1. The molecule has 25 heavy (non-hydrogen) atoms. The summed E-state index contributed by atoms with van der Waals surface area (Å²) in [5.41, 5.74) is 9.48. The van der Waals surface area contributed by atoms with Crippen LogP contribution in [0.25, 0.3) is 10.4 Å². The van der Waals surface area contributed by atoms with Gasteiger partial charge in [-0.3, -0.25) is 0 Å². The molecule has 0 radical (unpaired) electrons. The lowest BCUT2D eigenvalue weighted by Gasteiger charge is -2.44. The van der Waals surface area contributed by atoms with Crippen LogP contribution in [0.2, 0.25) is 0 Å². The molecule has 0 saturated carbocycles. The quantitative estimate of drug-likeness (QED) is 0.316. The van der Waals surface area contributed by atoms with E-state index in [1.165, 1.54) is 4.31 Å². The highest BCUT2D eigenvalue weighted by molar-refractivity contribution is 7.89. The van der Waals surface area contributed by atoms with E-state index >= 15 is 0 Å². The van der Waals surface area contributed by atoms with Gasteiger partial charge in [-0.25, -0.2) is 8.42 Å². The van der Waals surface area contributed by atoms with E-state index in [2.05, 4.69) is 23.2 Å². The number of rotatable bonds is 7. The van der Waals surface area contributed by atoms with Crippen LogP contribution in [-0.4, -0.2) is 31.9 Å². The Bertz CT molecular complexity index is 770. The van der Waals surface area contributed by atoms with Crippen LogP contribution in [0, 0.1) is 12.3 Å². The minimum atomic E-state index is -3.66. The molecular weight excluding hydrogens is 336 g/mol. The highest BCUT2D eigenvalue weighted by Crippen LogP contribution is 2.40. The van der Waals surface area contributed by atoms with Gasteiger partial charge < -0.3 is 0 Å². The predicted molar refractivity (Wildman–Crippen MR) is 99.5 cm³/mol. The topological polar surface area (TPSA) is 86.1 Å². The SMILES string of the molecule is C=CCC1(CC=C)C[C@@H](N=[N+]=[N-])CN(S(=O)(=O)c2ccc(C)cc2)C1. The highest BCUT2D eigenvalue weighted by atomic mass is 32.2. The van der Waals surface area contributed by atoms with Gasteiger partial charge in [0, 0.05) is 18.0 Å². The van der Waals surface area contributed by atoms with Crippen LogP contribution >= 0.6 is 0 Å². The van der Waals surface area contributed by atoms with E-state index in [9.17, 15) is 8.42 Å². The van der Waals surface area contributed by atoms with Crippen LogP contribution in [0.4, 0.5) is 0 Å². The normalized spacial score (nSPS) is 20.4. The van der Waals surface area contributed by atoms with Gasteiger partial charge in [-0.15, -0.1) is 13.2 Å². The van der Waals surface area contributed by atoms with Gasteiger partial charge >= 0.3 is 0 Å². The second-order valence-corrected chi connectivity index (χ2v) is 8.60. The molecule has 1 heterocycles. The molecule has 2 rings (SSSR count). The van der Waals surface area contributed by atoms with E-state index in [0.29, 0.717) is 25.8 Å². The van der Waals surface area contributed by atoms with Gasteiger partial charge in [0.15, 0.2) is 0 Å². The van der Waals surface area contributed by atoms with Crippen molar-refractivity contribution in [1.82, 2.24) is 4.31 Å². The van der Waals surface area contributed by atoms with Crippen LogP contribution < -0.4 is 0 Å². The molecule has 0 bridgehead atoms. The first-order valence-corrected chi connectivity index (χ1v) is 9.64. The molecule has 6 nitrogen and oxygen atoms in total. The summed E-state index contributed by atoms with van der Waals surface area (Å²) in [5, 5.41) is 3.82. The van der Waals surface area contributed by atoms with Gasteiger partial charge in [0.1, 0.15) is 0 Å². The minimum absolute atomic E-state index is 0.191. The van der Waals surface area contributed by atoms with Crippen molar-refractivity contribution in [1.29, 1.82) is 0 Å². The van der Waals surface area contributed by atoms with E-state index in [4.69, 9.17) is 5.53 Å². The average Bonchev–Trinajstić information content (AvgIpc) is 2.55. The summed E-state index contributed by atoms with van der Waals surface area (Å²) in [6.45, 7) is 10.1. The third-order valence-corrected chi connectivity index (χ3v) is 6.45. The van der Waals surface area contributed by atoms with E-state index < -0.39 is 16.1 Å². The largest absolute Gasteiger partial charge is 0.243 e. The number of sulfonamides is 1. The van der Waals surface area contributed by atoms with Crippen molar-refractivity contribution in [3.63, 3.8) is 0 Å². The lowest BCUT2D eigenvalue weighted by atomic mass is 9.74. The molecule has 0 amide bonds. The smallest absolute Gasteiger partial charge is 0.207 e. The molecule has 1 fully saturated rings. The Labute approximate surface area is 149 Å². The fourth-order valence-electron chi connectivity index (χ4n) is 3.49. The van der Waals surface area contributed by atoms with Crippen molar-refractivity contribution in [3.05, 3.63) is 65.6 Å². The van der Waals surface area contributed by atoms with Crippen molar-refractivity contribution in [3.8, 4) is 0 Å². The monoisotopic (exact) mass is 360 g/mol. The number of allylic oxidation sites excluding steroid dienone is 2. The first-order chi connectivity index (χ1) is 11.9. The molecule has 1 atom stereocenters. The molecule has 134 valence electrons. The minimum Gasteiger partial charge on any atom is -0.207 e. The lowest BCUT2D eigenvalue weighted by Crippen LogP contribution is -2.50. The molecular formula is C18H24N4O2S. The van der Waals surface area contributed by atoms with E-state index in [-0.39, 0.29) is 16.9 Å². The number of hydrogen-bond acceptors (Lipinski definition) is 3. The lowest BCUT2D eigenvalue weighted by molar-refractivity contribution is 0.133. The fraction of sp³-hybridized carbons (Fsp3) is 0.444. The number of piperidine rings is 1. The number of aryl methyl sites for hydroxylation is 1. The molecule has 0 N–H and O–H groups in total. The maximum absolute atomic E-state index is 13.1. The molecule has 1 aliphatic rings. The summed E-state index contributed by atoms with van der Waals surface area (Å²) in [7, 11) is -3.66. The summed E-state index contributed by atoms with van der Waals surface area (Å²) in [5.74, 6) is 0. The van der Waals surface area contributed by atoms with Crippen LogP contribution in [0.3, 0.4) is 0 Å². The van der Waals surface area contributed by atoms with Crippen molar-refractivity contribution < 1.29 is 8.42 Å². The molecule has 1 saturated heterocycles. The summed E-state index contributed by atoms with van der Waals surface area (Å²) < 4.78 is 27.6. The van der Waals surface area contributed by atoms with Crippen LogP contribution in [0.1, 0.15) is 24.8 Å². The van der Waals surface area contributed by atoms with Crippen LogP contribution in [-0.2, 0) is 10.0 Å².